The number of alkyl halides is 3. The molecule has 1 heterocycles. The van der Waals surface area contributed by atoms with E-state index in [2.05, 4.69) is 10.3 Å². The van der Waals surface area contributed by atoms with Gasteiger partial charge in [0.1, 0.15) is 4.88 Å². The fraction of sp³-hybridized carbons (Fsp3) is 0.286. The van der Waals surface area contributed by atoms with Gasteiger partial charge in [0.25, 0.3) is 5.91 Å². The number of nitrogens with one attached hydrogen (secondary N) is 1. The smallest absolute Gasteiger partial charge is 0.346 e. The molecule has 1 amide bonds. The Hall–Kier alpha value is -1.93. The number of halogens is 3. The highest BCUT2D eigenvalue weighted by Gasteiger charge is 2.39. The molecule has 0 saturated heterocycles. The zero-order valence-corrected chi connectivity index (χ0v) is 12.0. The number of amides is 1. The summed E-state index contributed by atoms with van der Waals surface area (Å²) in [6.45, 7) is 0. The molecule has 1 aromatic heterocycles. The van der Waals surface area contributed by atoms with Crippen molar-refractivity contribution in [3.63, 3.8) is 0 Å². The van der Waals surface area contributed by atoms with E-state index >= 15 is 0 Å². The summed E-state index contributed by atoms with van der Waals surface area (Å²) in [7, 11) is 0. The van der Waals surface area contributed by atoms with Crippen LogP contribution in [0.1, 0.15) is 32.5 Å². The standard InChI is InChI=1S/C14H12F3N3OS/c15-14(16,17)12-11(19-6-22-12)13(21)20-9-5-7-3-1-2-4-8(7)10(9)18/h1-4,6,9-10H,5,18H2,(H,20,21)/t9-,10-/m1/s1. The van der Waals surface area contributed by atoms with Crippen molar-refractivity contribution < 1.29 is 18.0 Å². The second-order valence-electron chi connectivity index (χ2n) is 5.04. The molecule has 22 heavy (non-hydrogen) atoms. The summed E-state index contributed by atoms with van der Waals surface area (Å²) in [5.41, 5.74) is 8.38. The first-order chi connectivity index (χ1) is 10.4. The van der Waals surface area contributed by atoms with Gasteiger partial charge in [0.05, 0.1) is 17.6 Å². The van der Waals surface area contributed by atoms with Crippen molar-refractivity contribution in [1.29, 1.82) is 0 Å². The highest BCUT2D eigenvalue weighted by Crippen LogP contribution is 2.35. The number of aromatic nitrogens is 1. The zero-order chi connectivity index (χ0) is 15.9. The lowest BCUT2D eigenvalue weighted by Gasteiger charge is -2.18. The molecule has 8 heteroatoms. The molecule has 1 aliphatic carbocycles. The van der Waals surface area contributed by atoms with Crippen LogP contribution in [0.4, 0.5) is 13.2 Å². The molecule has 4 nitrogen and oxygen atoms in total. The summed E-state index contributed by atoms with van der Waals surface area (Å²) in [5.74, 6) is -0.846. The van der Waals surface area contributed by atoms with Crippen molar-refractivity contribution in [2.24, 2.45) is 5.73 Å². The van der Waals surface area contributed by atoms with Crippen LogP contribution in [-0.4, -0.2) is 16.9 Å². The molecule has 2 aromatic rings. The Balaban J connectivity index is 1.78. The van der Waals surface area contributed by atoms with Crippen LogP contribution in [0.25, 0.3) is 0 Å². The van der Waals surface area contributed by atoms with Crippen LogP contribution >= 0.6 is 11.3 Å². The summed E-state index contributed by atoms with van der Waals surface area (Å²) < 4.78 is 38.4. The van der Waals surface area contributed by atoms with Gasteiger partial charge < -0.3 is 11.1 Å². The lowest BCUT2D eigenvalue weighted by molar-refractivity contribution is -0.134. The second kappa shape index (κ2) is 5.36. The Morgan fingerprint density at radius 1 is 1.36 bits per heavy atom. The Labute approximate surface area is 128 Å². The van der Waals surface area contributed by atoms with Gasteiger partial charge in [-0.25, -0.2) is 4.98 Å². The van der Waals surface area contributed by atoms with Gasteiger partial charge in [0.15, 0.2) is 5.69 Å². The number of benzene rings is 1. The topological polar surface area (TPSA) is 68.0 Å². The number of hydrogen-bond donors (Lipinski definition) is 2. The third kappa shape index (κ3) is 2.59. The Morgan fingerprint density at radius 2 is 2.09 bits per heavy atom. The fourth-order valence-electron chi connectivity index (χ4n) is 2.61. The van der Waals surface area contributed by atoms with Crippen molar-refractivity contribution >= 4 is 17.2 Å². The van der Waals surface area contributed by atoms with Gasteiger partial charge in [-0.2, -0.15) is 13.2 Å². The number of nitrogens with zero attached hydrogens (tertiary/aromatic N) is 1. The maximum Gasteiger partial charge on any atom is 0.427 e. The number of nitrogens with two attached hydrogens (primary N) is 1. The third-order valence-electron chi connectivity index (χ3n) is 3.64. The van der Waals surface area contributed by atoms with Crippen molar-refractivity contribution in [3.05, 3.63) is 51.5 Å². The number of carbonyl (C=O) groups excluding carboxylic acids is 1. The van der Waals surface area contributed by atoms with Gasteiger partial charge in [-0.15, -0.1) is 11.3 Å². The maximum atomic E-state index is 12.8. The van der Waals surface area contributed by atoms with Crippen molar-refractivity contribution in [2.45, 2.75) is 24.7 Å². The van der Waals surface area contributed by atoms with E-state index in [4.69, 9.17) is 5.73 Å². The molecule has 3 rings (SSSR count). The van der Waals surface area contributed by atoms with E-state index in [1.54, 1.807) is 0 Å². The fourth-order valence-corrected chi connectivity index (χ4v) is 3.27. The quantitative estimate of drug-likeness (QED) is 0.890. The first-order valence-corrected chi connectivity index (χ1v) is 7.41. The zero-order valence-electron chi connectivity index (χ0n) is 11.2. The van der Waals surface area contributed by atoms with Crippen LogP contribution in [-0.2, 0) is 12.6 Å². The summed E-state index contributed by atoms with van der Waals surface area (Å²) in [5, 5.41) is 2.57. The number of thiazole rings is 1. The van der Waals surface area contributed by atoms with E-state index in [9.17, 15) is 18.0 Å². The van der Waals surface area contributed by atoms with Gasteiger partial charge in [-0.3, -0.25) is 4.79 Å². The maximum absolute atomic E-state index is 12.8. The predicted molar refractivity (Wildman–Crippen MR) is 75.4 cm³/mol. The Kier molecular flexibility index (Phi) is 3.65. The molecule has 3 N–H and O–H groups in total. The molecule has 2 atom stereocenters. The lowest BCUT2D eigenvalue weighted by Crippen LogP contribution is -2.41. The average Bonchev–Trinajstić information content (AvgIpc) is 3.05. The first-order valence-electron chi connectivity index (χ1n) is 6.53. The summed E-state index contributed by atoms with van der Waals surface area (Å²) in [6, 6.07) is 6.57. The van der Waals surface area contributed by atoms with Crippen LogP contribution in [0, 0.1) is 0 Å². The molecule has 0 aliphatic heterocycles. The Morgan fingerprint density at radius 3 is 2.77 bits per heavy atom. The number of rotatable bonds is 2. The van der Waals surface area contributed by atoms with E-state index in [0.29, 0.717) is 17.8 Å². The molecular formula is C14H12F3N3OS. The predicted octanol–water partition coefficient (Wildman–Crippen LogP) is 2.52. The average molecular weight is 327 g/mol. The normalized spacial score (nSPS) is 20.7. The third-order valence-corrected chi connectivity index (χ3v) is 4.52. The molecule has 0 unspecified atom stereocenters. The van der Waals surface area contributed by atoms with Gasteiger partial charge in [0, 0.05) is 0 Å². The molecule has 0 bridgehead atoms. The minimum Gasteiger partial charge on any atom is -0.346 e. The summed E-state index contributed by atoms with van der Waals surface area (Å²) in [4.78, 5) is 14.7. The molecule has 1 aromatic carbocycles. The van der Waals surface area contributed by atoms with Crippen LogP contribution in [0.5, 0.6) is 0 Å². The van der Waals surface area contributed by atoms with E-state index in [-0.39, 0.29) is 0 Å². The summed E-state index contributed by atoms with van der Waals surface area (Å²) in [6.07, 6.45) is -4.09. The van der Waals surface area contributed by atoms with Crippen molar-refractivity contribution in [2.75, 3.05) is 0 Å². The highest BCUT2D eigenvalue weighted by atomic mass is 32.1. The minimum absolute atomic E-state index is 0.403. The number of fused-ring (bicyclic) bond motifs is 1. The molecule has 0 spiro atoms. The second-order valence-corrected chi connectivity index (χ2v) is 5.89. The molecule has 1 aliphatic rings. The molecule has 0 fully saturated rings. The van der Waals surface area contributed by atoms with Gasteiger partial charge in [0.2, 0.25) is 0 Å². The number of carbonyl (C=O) groups is 1. The van der Waals surface area contributed by atoms with Gasteiger partial charge >= 0.3 is 6.18 Å². The molecule has 116 valence electrons. The Bertz CT molecular complexity index is 713. The van der Waals surface area contributed by atoms with Gasteiger partial charge in [-0.1, -0.05) is 24.3 Å². The first kappa shape index (κ1) is 15.0. The number of hydrogen-bond acceptors (Lipinski definition) is 4. The SMILES string of the molecule is N[C@@H]1c2ccccc2C[C@H]1NC(=O)c1ncsc1C(F)(F)F. The molecule has 0 saturated carbocycles. The van der Waals surface area contributed by atoms with Crippen molar-refractivity contribution in [3.8, 4) is 0 Å². The van der Waals surface area contributed by atoms with E-state index in [1.165, 1.54) is 0 Å². The van der Waals surface area contributed by atoms with Crippen LogP contribution < -0.4 is 11.1 Å². The molecule has 0 radical (unpaired) electrons. The summed E-state index contributed by atoms with van der Waals surface area (Å²) >= 11 is 0.403. The van der Waals surface area contributed by atoms with E-state index < -0.39 is 34.7 Å². The van der Waals surface area contributed by atoms with E-state index in [1.807, 2.05) is 24.3 Å². The molecular weight excluding hydrogens is 315 g/mol. The highest BCUT2D eigenvalue weighted by molar-refractivity contribution is 7.10. The van der Waals surface area contributed by atoms with Crippen molar-refractivity contribution in [1.82, 2.24) is 10.3 Å². The van der Waals surface area contributed by atoms with Crippen LogP contribution in [0.2, 0.25) is 0 Å². The largest absolute Gasteiger partial charge is 0.427 e. The lowest BCUT2D eigenvalue weighted by atomic mass is 10.1. The minimum atomic E-state index is -4.59. The van der Waals surface area contributed by atoms with Crippen LogP contribution in [0.15, 0.2) is 29.8 Å². The van der Waals surface area contributed by atoms with Crippen LogP contribution in [0.3, 0.4) is 0 Å². The van der Waals surface area contributed by atoms with Gasteiger partial charge in [-0.05, 0) is 17.5 Å². The van der Waals surface area contributed by atoms with E-state index in [0.717, 1.165) is 16.6 Å². The monoisotopic (exact) mass is 327 g/mol.